The van der Waals surface area contributed by atoms with E-state index >= 15 is 0 Å². The lowest BCUT2D eigenvalue weighted by molar-refractivity contribution is -0.384. The average Bonchev–Trinajstić information content (AvgIpc) is 2.67. The zero-order valence-corrected chi connectivity index (χ0v) is 17.5. The lowest BCUT2D eigenvalue weighted by Crippen LogP contribution is -2.15. The molecular weight excluding hydrogens is 379 g/mol. The monoisotopic (exact) mass is 406 g/mol. The van der Waals surface area contributed by atoms with Crippen LogP contribution >= 0.6 is 7.60 Å². The van der Waals surface area contributed by atoms with Crippen LogP contribution in [0.1, 0.15) is 50.5 Å². The van der Waals surface area contributed by atoms with Crippen LogP contribution in [0.25, 0.3) is 0 Å². The highest BCUT2D eigenvalue weighted by molar-refractivity contribution is 7.54. The third-order valence-corrected chi connectivity index (χ3v) is 6.53. The first kappa shape index (κ1) is 22.1. The predicted molar refractivity (Wildman–Crippen MR) is 111 cm³/mol. The Bertz CT molecular complexity index is 811. The van der Waals surface area contributed by atoms with Crippen molar-refractivity contribution in [2.45, 2.75) is 39.4 Å². The third kappa shape index (κ3) is 5.41. The summed E-state index contributed by atoms with van der Waals surface area (Å²) in [4.78, 5) is 10.5. The fourth-order valence-electron chi connectivity index (χ4n) is 2.79. The number of anilines is 1. The normalized spacial score (nSPS) is 12.8. The van der Waals surface area contributed by atoms with E-state index in [0.717, 1.165) is 5.69 Å². The fraction of sp³-hybridized carbons (Fsp3) is 0.400. The van der Waals surface area contributed by atoms with Crippen LogP contribution in [0.3, 0.4) is 0 Å². The second kappa shape index (κ2) is 9.82. The van der Waals surface area contributed by atoms with Crippen LogP contribution in [0.2, 0.25) is 0 Å². The fourth-order valence-corrected chi connectivity index (χ4v) is 4.73. The number of benzene rings is 2. The second-order valence-corrected chi connectivity index (χ2v) is 8.66. The molecule has 0 aliphatic rings. The van der Waals surface area contributed by atoms with E-state index in [1.807, 2.05) is 24.3 Å². The molecular formula is C20H27N2O5P. The molecule has 152 valence electrons. The van der Waals surface area contributed by atoms with Gasteiger partial charge in [-0.3, -0.25) is 14.7 Å². The molecule has 0 fully saturated rings. The van der Waals surface area contributed by atoms with Crippen LogP contribution < -0.4 is 5.32 Å². The molecule has 0 saturated carbocycles. The molecule has 1 N–H and O–H groups in total. The van der Waals surface area contributed by atoms with E-state index in [2.05, 4.69) is 19.2 Å². The van der Waals surface area contributed by atoms with E-state index in [1.54, 1.807) is 26.0 Å². The maximum Gasteiger partial charge on any atom is 0.357 e. The minimum absolute atomic E-state index is 0.0357. The molecule has 0 amide bonds. The van der Waals surface area contributed by atoms with Crippen molar-refractivity contribution in [3.05, 3.63) is 69.8 Å². The van der Waals surface area contributed by atoms with Gasteiger partial charge in [-0.05, 0) is 55.2 Å². The van der Waals surface area contributed by atoms with E-state index in [9.17, 15) is 14.7 Å². The number of nitro benzene ring substituents is 1. The maximum absolute atomic E-state index is 13.5. The Balaban J connectivity index is 2.42. The van der Waals surface area contributed by atoms with Gasteiger partial charge in [0, 0.05) is 17.8 Å². The quantitative estimate of drug-likeness (QED) is 0.291. The number of nitro groups is 1. The van der Waals surface area contributed by atoms with Crippen molar-refractivity contribution in [2.75, 3.05) is 18.5 Å². The number of hydrogen-bond donors (Lipinski definition) is 1. The number of hydrogen-bond acceptors (Lipinski definition) is 6. The van der Waals surface area contributed by atoms with E-state index in [0.29, 0.717) is 11.5 Å². The number of rotatable bonds is 10. The van der Waals surface area contributed by atoms with E-state index in [1.165, 1.54) is 17.7 Å². The lowest BCUT2D eigenvalue weighted by Gasteiger charge is -2.28. The molecule has 2 aromatic carbocycles. The maximum atomic E-state index is 13.5. The smallest absolute Gasteiger partial charge is 0.357 e. The first-order valence-electron chi connectivity index (χ1n) is 9.30. The molecule has 28 heavy (non-hydrogen) atoms. The zero-order chi connectivity index (χ0) is 20.7. The van der Waals surface area contributed by atoms with Gasteiger partial charge in [-0.1, -0.05) is 26.0 Å². The highest BCUT2D eigenvalue weighted by Gasteiger charge is 2.37. The lowest BCUT2D eigenvalue weighted by atomic mass is 10.0. The number of non-ortho nitro benzene ring substituents is 1. The SMILES string of the molecule is CCOP(=O)(OCC)[C@@H](Nc1ccc(C(C)C)cc1)c1ccc([N+](=O)[O-])cc1. The van der Waals surface area contributed by atoms with Crippen molar-refractivity contribution in [2.24, 2.45) is 0 Å². The van der Waals surface area contributed by atoms with Crippen molar-refractivity contribution in [1.82, 2.24) is 0 Å². The third-order valence-electron chi connectivity index (χ3n) is 4.23. The summed E-state index contributed by atoms with van der Waals surface area (Å²) in [7, 11) is -3.57. The Labute approximate surface area is 165 Å². The largest absolute Gasteiger partial charge is 0.368 e. The van der Waals surface area contributed by atoms with Crippen molar-refractivity contribution in [3.8, 4) is 0 Å². The van der Waals surface area contributed by atoms with Gasteiger partial charge in [0.25, 0.3) is 5.69 Å². The molecule has 0 heterocycles. The molecule has 0 aromatic heterocycles. The van der Waals surface area contributed by atoms with Crippen LogP contribution in [0.15, 0.2) is 48.5 Å². The van der Waals surface area contributed by atoms with Gasteiger partial charge in [-0.25, -0.2) is 0 Å². The van der Waals surface area contributed by atoms with Gasteiger partial charge in [0.2, 0.25) is 0 Å². The van der Waals surface area contributed by atoms with Crippen molar-refractivity contribution >= 4 is 19.0 Å². The van der Waals surface area contributed by atoms with Crippen molar-refractivity contribution in [1.29, 1.82) is 0 Å². The van der Waals surface area contributed by atoms with Crippen molar-refractivity contribution in [3.63, 3.8) is 0 Å². The molecule has 2 rings (SSSR count). The summed E-state index contributed by atoms with van der Waals surface area (Å²) in [5.74, 6) is -0.393. The molecule has 1 atom stereocenters. The van der Waals surface area contributed by atoms with Crippen molar-refractivity contribution < 1.29 is 18.5 Å². The minimum Gasteiger partial charge on any atom is -0.368 e. The molecule has 2 aromatic rings. The summed E-state index contributed by atoms with van der Waals surface area (Å²) in [5.41, 5.74) is 2.50. The van der Waals surface area contributed by atoms with Gasteiger partial charge in [0.1, 0.15) is 0 Å². The zero-order valence-electron chi connectivity index (χ0n) is 16.6. The van der Waals surface area contributed by atoms with E-state index < -0.39 is 18.3 Å². The van der Waals surface area contributed by atoms with Crippen LogP contribution in [-0.4, -0.2) is 18.1 Å². The molecule has 0 radical (unpaired) electrons. The molecule has 0 unspecified atom stereocenters. The van der Waals surface area contributed by atoms with Crippen LogP contribution in [0, 0.1) is 10.1 Å². The Morgan fingerprint density at radius 1 is 0.964 bits per heavy atom. The molecule has 8 heteroatoms. The Hall–Kier alpha value is -2.21. The highest BCUT2D eigenvalue weighted by atomic mass is 31.2. The Kier molecular flexibility index (Phi) is 7.75. The van der Waals surface area contributed by atoms with Crippen LogP contribution in [0.5, 0.6) is 0 Å². The van der Waals surface area contributed by atoms with Gasteiger partial charge in [0.05, 0.1) is 18.1 Å². The average molecular weight is 406 g/mol. The summed E-state index contributed by atoms with van der Waals surface area (Å²) in [5, 5.41) is 14.2. The summed E-state index contributed by atoms with van der Waals surface area (Å²) >= 11 is 0. The topological polar surface area (TPSA) is 90.7 Å². The summed E-state index contributed by atoms with van der Waals surface area (Å²) in [6.07, 6.45) is 0. The second-order valence-electron chi connectivity index (χ2n) is 6.55. The summed E-state index contributed by atoms with van der Waals surface area (Å²) in [6.45, 7) is 8.15. The molecule has 0 aliphatic heterocycles. The number of nitrogens with one attached hydrogen (secondary N) is 1. The Morgan fingerprint density at radius 2 is 1.46 bits per heavy atom. The molecule has 0 aliphatic carbocycles. The van der Waals surface area contributed by atoms with Gasteiger partial charge in [-0.2, -0.15) is 0 Å². The first-order valence-corrected chi connectivity index (χ1v) is 10.9. The van der Waals surface area contributed by atoms with Crippen LogP contribution in [0.4, 0.5) is 11.4 Å². The predicted octanol–water partition coefficient (Wildman–Crippen LogP) is 6.10. The Morgan fingerprint density at radius 3 is 1.89 bits per heavy atom. The summed E-state index contributed by atoms with van der Waals surface area (Å²) in [6, 6.07) is 13.7. The highest BCUT2D eigenvalue weighted by Crippen LogP contribution is 2.60. The van der Waals surface area contributed by atoms with Gasteiger partial charge in [0.15, 0.2) is 5.78 Å². The van der Waals surface area contributed by atoms with Crippen LogP contribution in [-0.2, 0) is 13.6 Å². The first-order chi connectivity index (χ1) is 13.3. The minimum atomic E-state index is -3.57. The molecule has 0 saturated heterocycles. The van der Waals surface area contributed by atoms with E-state index in [-0.39, 0.29) is 18.9 Å². The van der Waals surface area contributed by atoms with Gasteiger partial charge >= 0.3 is 7.60 Å². The molecule has 7 nitrogen and oxygen atoms in total. The standard InChI is InChI=1S/C20H27N2O5P/c1-5-26-28(25,27-6-2)20(17-9-13-19(14-10-17)22(23)24)21-18-11-7-16(8-12-18)15(3)4/h7-15,20-21H,5-6H2,1-4H3/t20-/m1/s1. The van der Waals surface area contributed by atoms with Gasteiger partial charge < -0.3 is 14.4 Å². The van der Waals surface area contributed by atoms with Gasteiger partial charge in [-0.15, -0.1) is 0 Å². The molecule has 0 bridgehead atoms. The van der Waals surface area contributed by atoms with E-state index in [4.69, 9.17) is 9.05 Å². The molecule has 0 spiro atoms. The number of nitrogens with zero attached hydrogens (tertiary/aromatic N) is 1. The summed E-state index contributed by atoms with van der Waals surface area (Å²) < 4.78 is 24.5.